The van der Waals surface area contributed by atoms with Gasteiger partial charge in [-0.3, -0.25) is 9.32 Å². The van der Waals surface area contributed by atoms with Gasteiger partial charge in [-0.05, 0) is 44.9 Å². The van der Waals surface area contributed by atoms with Crippen molar-refractivity contribution in [3.8, 4) is 0 Å². The van der Waals surface area contributed by atoms with Crippen LogP contribution in [-0.2, 0) is 13.9 Å². The molecule has 0 unspecified atom stereocenters. The van der Waals surface area contributed by atoms with Crippen molar-refractivity contribution >= 4 is 13.7 Å². The van der Waals surface area contributed by atoms with Gasteiger partial charge in [0.05, 0.1) is 18.8 Å². The molecule has 0 bridgehead atoms. The number of allylic oxidation sites excluding steroid dienone is 3. The molecule has 1 amide bonds. The molecule has 7 nitrogen and oxygen atoms in total. The van der Waals surface area contributed by atoms with E-state index in [2.05, 4.69) is 35.8 Å². The summed E-state index contributed by atoms with van der Waals surface area (Å²) in [6, 6.07) is -0.910. The molecule has 0 aromatic carbocycles. The quantitative estimate of drug-likeness (QED) is 0.0321. The van der Waals surface area contributed by atoms with Crippen LogP contribution in [0.2, 0.25) is 0 Å². The molecule has 0 aromatic rings. The van der Waals surface area contributed by atoms with Crippen molar-refractivity contribution in [2.24, 2.45) is 0 Å². The summed E-state index contributed by atoms with van der Waals surface area (Å²) in [7, 11) is -4.71. The van der Waals surface area contributed by atoms with Crippen LogP contribution in [-0.4, -0.2) is 39.6 Å². The van der Waals surface area contributed by atoms with Crippen LogP contribution in [0.3, 0.4) is 0 Å². The van der Waals surface area contributed by atoms with Gasteiger partial charge in [0.25, 0.3) is 0 Å². The fraction of sp³-hybridized carbons (Fsp3) is 0.861. The highest BCUT2D eigenvalue weighted by Gasteiger charge is 2.24. The normalized spacial score (nSPS) is 13.7. The Kier molecular flexibility index (Phi) is 31.3. The van der Waals surface area contributed by atoms with Gasteiger partial charge in [-0.25, -0.2) is 4.57 Å². The molecule has 0 spiro atoms. The monoisotopic (exact) mass is 643 g/mol. The average Bonchev–Trinajstić information content (AvgIpc) is 2.99. The molecule has 0 aromatic heterocycles. The molecule has 8 heteroatoms. The van der Waals surface area contributed by atoms with Crippen LogP contribution in [0.15, 0.2) is 24.3 Å². The zero-order chi connectivity index (χ0) is 32.6. The molecule has 0 aliphatic carbocycles. The lowest BCUT2D eigenvalue weighted by Gasteiger charge is -2.22. The molecule has 4 N–H and O–H groups in total. The first-order chi connectivity index (χ1) is 21.3. The summed E-state index contributed by atoms with van der Waals surface area (Å²) in [5.74, 6) is -0.236. The maximum Gasteiger partial charge on any atom is 0.469 e. The number of aliphatic hydroxyl groups is 1. The van der Waals surface area contributed by atoms with Gasteiger partial charge in [0.1, 0.15) is 0 Å². The Hall–Kier alpha value is -0.980. The summed E-state index contributed by atoms with van der Waals surface area (Å²) >= 11 is 0. The van der Waals surface area contributed by atoms with Crippen molar-refractivity contribution in [2.45, 2.75) is 193 Å². The van der Waals surface area contributed by atoms with Crippen molar-refractivity contribution in [1.29, 1.82) is 0 Å². The Balaban J connectivity index is 4.07. The van der Waals surface area contributed by atoms with Crippen molar-refractivity contribution in [1.82, 2.24) is 5.32 Å². The number of phosphoric ester groups is 1. The summed E-state index contributed by atoms with van der Waals surface area (Å²) in [6.07, 6.45) is 37.6. The summed E-state index contributed by atoms with van der Waals surface area (Å²) in [5.41, 5.74) is 0. The molecule has 0 fully saturated rings. The van der Waals surface area contributed by atoms with E-state index in [4.69, 9.17) is 9.79 Å². The topological polar surface area (TPSA) is 116 Å². The van der Waals surface area contributed by atoms with Gasteiger partial charge in [0.15, 0.2) is 0 Å². The maximum absolute atomic E-state index is 12.5. The lowest BCUT2D eigenvalue weighted by Crippen LogP contribution is -2.45. The lowest BCUT2D eigenvalue weighted by molar-refractivity contribution is -0.123. The van der Waals surface area contributed by atoms with Gasteiger partial charge in [-0.1, -0.05) is 154 Å². The first kappa shape index (κ1) is 43.0. The zero-order valence-corrected chi connectivity index (χ0v) is 29.5. The average molecular weight is 644 g/mol. The Morgan fingerprint density at radius 2 is 1.02 bits per heavy atom. The number of carbonyl (C=O) groups is 1. The minimum absolute atomic E-state index is 0.236. The minimum atomic E-state index is -4.71. The smallest absolute Gasteiger partial charge is 0.387 e. The number of aliphatic hydroxyl groups excluding tert-OH is 1. The van der Waals surface area contributed by atoms with E-state index in [1.807, 2.05) is 6.08 Å². The Bertz CT molecular complexity index is 738. The summed E-state index contributed by atoms with van der Waals surface area (Å²) < 4.78 is 15.8. The van der Waals surface area contributed by atoms with Gasteiger partial charge in [-0.2, -0.15) is 0 Å². The molecular formula is C36H70NO6P. The SMILES string of the molecule is CCCCCCCC/C=C/CCCCCCCC(=O)N[C@@H](COP(=O)(O)O)[C@H](O)/C=C/CCCCCCCCCCCCC. The predicted molar refractivity (Wildman–Crippen MR) is 186 cm³/mol. The van der Waals surface area contributed by atoms with E-state index in [1.54, 1.807) is 6.08 Å². The van der Waals surface area contributed by atoms with Crippen LogP contribution in [0.5, 0.6) is 0 Å². The number of nitrogens with one attached hydrogen (secondary N) is 1. The van der Waals surface area contributed by atoms with Crippen LogP contribution in [0.1, 0.15) is 181 Å². The van der Waals surface area contributed by atoms with Crippen molar-refractivity contribution in [3.05, 3.63) is 24.3 Å². The molecule has 0 aliphatic heterocycles. The number of carbonyl (C=O) groups excluding carboxylic acids is 1. The summed E-state index contributed by atoms with van der Waals surface area (Å²) in [4.78, 5) is 30.7. The van der Waals surface area contributed by atoms with E-state index >= 15 is 0 Å². The summed E-state index contributed by atoms with van der Waals surface area (Å²) in [6.45, 7) is 4.04. The highest BCUT2D eigenvalue weighted by molar-refractivity contribution is 7.46. The van der Waals surface area contributed by atoms with Crippen molar-refractivity contribution in [2.75, 3.05) is 6.61 Å². The first-order valence-corrected chi connectivity index (χ1v) is 19.8. The second kappa shape index (κ2) is 32.0. The van der Waals surface area contributed by atoms with Crippen LogP contribution < -0.4 is 5.32 Å². The molecule has 0 aliphatic rings. The van der Waals surface area contributed by atoms with E-state index in [9.17, 15) is 14.5 Å². The number of rotatable bonds is 33. The Morgan fingerprint density at radius 1 is 0.636 bits per heavy atom. The molecule has 0 radical (unpaired) electrons. The fourth-order valence-corrected chi connectivity index (χ4v) is 5.69. The lowest BCUT2D eigenvalue weighted by atomic mass is 10.0. The zero-order valence-electron chi connectivity index (χ0n) is 28.6. The van der Waals surface area contributed by atoms with E-state index in [0.29, 0.717) is 6.42 Å². The largest absolute Gasteiger partial charge is 0.469 e. The first-order valence-electron chi connectivity index (χ1n) is 18.3. The molecule has 0 saturated heterocycles. The minimum Gasteiger partial charge on any atom is -0.387 e. The van der Waals surface area contributed by atoms with Gasteiger partial charge < -0.3 is 20.2 Å². The van der Waals surface area contributed by atoms with Crippen LogP contribution in [0.25, 0.3) is 0 Å². The highest BCUT2D eigenvalue weighted by atomic mass is 31.2. The second-order valence-corrected chi connectivity index (χ2v) is 13.8. The number of unbranched alkanes of at least 4 members (excludes halogenated alkanes) is 22. The number of phosphoric acid groups is 1. The molecule has 0 rings (SSSR count). The maximum atomic E-state index is 12.5. The molecular weight excluding hydrogens is 573 g/mol. The highest BCUT2D eigenvalue weighted by Crippen LogP contribution is 2.35. The van der Waals surface area contributed by atoms with E-state index in [1.165, 1.54) is 109 Å². The fourth-order valence-electron chi connectivity index (χ4n) is 5.33. The van der Waals surface area contributed by atoms with Crippen LogP contribution >= 0.6 is 7.82 Å². The molecule has 44 heavy (non-hydrogen) atoms. The molecule has 260 valence electrons. The van der Waals surface area contributed by atoms with E-state index < -0.39 is 26.6 Å². The molecule has 0 saturated carbocycles. The second-order valence-electron chi connectivity index (χ2n) is 12.5. The number of hydrogen-bond donors (Lipinski definition) is 4. The number of hydrogen-bond acceptors (Lipinski definition) is 4. The molecule has 2 atom stereocenters. The van der Waals surface area contributed by atoms with E-state index in [-0.39, 0.29) is 5.91 Å². The standard InChI is InChI=1S/C36H70NO6P/c1-3-5-7-9-11-13-15-17-18-20-22-24-26-28-30-32-36(39)37-34(33-43-44(40,41)42)35(38)31-29-27-25-23-21-19-16-14-12-10-8-6-4-2/h17-18,29,31,34-35,38H,3-16,19-28,30,32-33H2,1-2H3,(H,37,39)(H2,40,41,42)/b18-17+,31-29+/t34-,35+/m0/s1. The van der Waals surface area contributed by atoms with Crippen LogP contribution in [0, 0.1) is 0 Å². The third-order valence-corrected chi connectivity index (χ3v) is 8.64. The van der Waals surface area contributed by atoms with Crippen LogP contribution in [0.4, 0.5) is 0 Å². The summed E-state index contributed by atoms with van der Waals surface area (Å²) in [5, 5.41) is 13.3. The third kappa shape index (κ3) is 32.4. The predicted octanol–water partition coefficient (Wildman–Crippen LogP) is 10.2. The van der Waals surface area contributed by atoms with Gasteiger partial charge in [0.2, 0.25) is 5.91 Å². The molecule has 0 heterocycles. The third-order valence-electron chi connectivity index (χ3n) is 8.15. The number of amides is 1. The Labute approximate surface area is 271 Å². The van der Waals surface area contributed by atoms with Gasteiger partial charge in [0, 0.05) is 6.42 Å². The van der Waals surface area contributed by atoms with Crippen molar-refractivity contribution in [3.63, 3.8) is 0 Å². The van der Waals surface area contributed by atoms with Gasteiger partial charge >= 0.3 is 7.82 Å². The van der Waals surface area contributed by atoms with Gasteiger partial charge in [-0.15, -0.1) is 0 Å². The van der Waals surface area contributed by atoms with Crippen molar-refractivity contribution < 1.29 is 28.8 Å². The van der Waals surface area contributed by atoms with E-state index in [0.717, 1.165) is 51.4 Å². The Morgan fingerprint density at radius 3 is 1.45 bits per heavy atom.